The zero-order valence-corrected chi connectivity index (χ0v) is 10.9. The Hall–Kier alpha value is -1.06. The van der Waals surface area contributed by atoms with Gasteiger partial charge in [0.25, 0.3) is 0 Å². The third-order valence-corrected chi connectivity index (χ3v) is 4.01. The number of hydrogen-bond donors (Lipinski definition) is 1. The summed E-state index contributed by atoms with van der Waals surface area (Å²) >= 11 is 0. The predicted octanol–water partition coefficient (Wildman–Crippen LogP) is 2.32. The van der Waals surface area contributed by atoms with Crippen molar-refractivity contribution in [1.29, 1.82) is 0 Å². The van der Waals surface area contributed by atoms with Crippen molar-refractivity contribution in [2.24, 2.45) is 0 Å². The van der Waals surface area contributed by atoms with Gasteiger partial charge in [-0.05, 0) is 25.8 Å². The Balaban J connectivity index is 1.61. The fourth-order valence-corrected chi connectivity index (χ4v) is 2.84. The van der Waals surface area contributed by atoms with Crippen LogP contribution in [0.25, 0.3) is 0 Å². The zero-order valence-electron chi connectivity index (χ0n) is 10.9. The molecule has 2 unspecified atom stereocenters. The van der Waals surface area contributed by atoms with Gasteiger partial charge in [-0.15, -0.1) is 0 Å². The third-order valence-electron chi connectivity index (χ3n) is 4.01. The van der Waals surface area contributed by atoms with Gasteiger partial charge in [0, 0.05) is 30.2 Å². The first-order chi connectivity index (χ1) is 8.77. The quantitative estimate of drug-likeness (QED) is 0.889. The van der Waals surface area contributed by atoms with E-state index in [1.165, 1.54) is 12.0 Å². The predicted molar refractivity (Wildman–Crippen MR) is 71.1 cm³/mol. The van der Waals surface area contributed by atoms with E-state index in [0.717, 1.165) is 38.5 Å². The van der Waals surface area contributed by atoms with Crippen LogP contribution >= 0.6 is 0 Å². The van der Waals surface area contributed by atoms with Crippen molar-refractivity contribution in [2.45, 2.75) is 31.2 Å². The Bertz CT molecular complexity index is 413. The van der Waals surface area contributed by atoms with E-state index in [1.54, 1.807) is 0 Å². The van der Waals surface area contributed by atoms with Crippen molar-refractivity contribution >= 4 is 0 Å². The van der Waals surface area contributed by atoms with Crippen molar-refractivity contribution in [1.82, 2.24) is 5.32 Å². The fraction of sp³-hybridized carbons (Fsp3) is 0.600. The van der Waals surface area contributed by atoms with Crippen LogP contribution in [0.4, 0.5) is 0 Å². The molecule has 0 spiro atoms. The summed E-state index contributed by atoms with van der Waals surface area (Å²) < 4.78 is 11.3. The molecule has 0 bridgehead atoms. The molecule has 18 heavy (non-hydrogen) atoms. The minimum atomic E-state index is 0.135. The molecule has 2 heterocycles. The van der Waals surface area contributed by atoms with Crippen molar-refractivity contribution in [3.8, 4) is 5.75 Å². The lowest BCUT2D eigenvalue weighted by molar-refractivity contribution is 0.0278. The molecule has 1 fully saturated rings. The highest BCUT2D eigenvalue weighted by molar-refractivity contribution is 5.39. The number of ether oxygens (including phenoxy) is 2. The summed E-state index contributed by atoms with van der Waals surface area (Å²) in [4.78, 5) is 0. The van der Waals surface area contributed by atoms with Gasteiger partial charge in [0.05, 0.1) is 13.2 Å². The van der Waals surface area contributed by atoms with E-state index in [4.69, 9.17) is 9.47 Å². The molecule has 0 radical (unpaired) electrons. The zero-order chi connectivity index (χ0) is 12.4. The van der Waals surface area contributed by atoms with Crippen LogP contribution < -0.4 is 10.1 Å². The van der Waals surface area contributed by atoms with Gasteiger partial charge in [-0.3, -0.25) is 0 Å². The Labute approximate surface area is 108 Å². The first-order valence-corrected chi connectivity index (χ1v) is 6.81. The van der Waals surface area contributed by atoms with Gasteiger partial charge in [-0.25, -0.2) is 0 Å². The van der Waals surface area contributed by atoms with Crippen LogP contribution in [0.2, 0.25) is 0 Å². The maximum atomic E-state index is 5.71. The minimum Gasteiger partial charge on any atom is -0.493 e. The van der Waals surface area contributed by atoms with Crippen LogP contribution in [0, 0.1) is 0 Å². The number of hydrogen-bond acceptors (Lipinski definition) is 3. The second-order valence-electron chi connectivity index (χ2n) is 5.64. The van der Waals surface area contributed by atoms with Gasteiger partial charge in [-0.2, -0.15) is 0 Å². The highest BCUT2D eigenvalue weighted by Gasteiger charge is 2.30. The largest absolute Gasteiger partial charge is 0.493 e. The lowest BCUT2D eigenvalue weighted by atomic mass is 9.93. The smallest absolute Gasteiger partial charge is 0.122 e. The van der Waals surface area contributed by atoms with Crippen molar-refractivity contribution in [2.75, 3.05) is 26.4 Å². The minimum absolute atomic E-state index is 0.135. The van der Waals surface area contributed by atoms with Gasteiger partial charge in [0.15, 0.2) is 0 Å². The average Bonchev–Trinajstić information content (AvgIpc) is 2.81. The van der Waals surface area contributed by atoms with Crippen molar-refractivity contribution in [3.63, 3.8) is 0 Å². The van der Waals surface area contributed by atoms with E-state index in [2.05, 4.69) is 30.4 Å². The molecule has 0 aromatic heterocycles. The Kier molecular flexibility index (Phi) is 3.27. The second-order valence-corrected chi connectivity index (χ2v) is 5.64. The molecule has 1 saturated heterocycles. The monoisotopic (exact) mass is 247 g/mol. The van der Waals surface area contributed by atoms with Gasteiger partial charge >= 0.3 is 0 Å². The standard InChI is InChI=1S/C15H21NO2/c1-15(7-4-8-17-11-15)16-9-12-10-18-14-6-3-2-5-13(12)14/h2-3,5-6,12,16H,4,7-11H2,1H3. The highest BCUT2D eigenvalue weighted by atomic mass is 16.5. The van der Waals surface area contributed by atoms with Gasteiger partial charge in [0.2, 0.25) is 0 Å². The number of nitrogens with one attached hydrogen (secondary N) is 1. The molecule has 3 rings (SSSR count). The molecule has 2 aliphatic heterocycles. The molecular formula is C15H21NO2. The molecular weight excluding hydrogens is 226 g/mol. The molecule has 3 heteroatoms. The molecule has 0 aliphatic carbocycles. The van der Waals surface area contributed by atoms with Crippen LogP contribution in [0.5, 0.6) is 5.75 Å². The van der Waals surface area contributed by atoms with Gasteiger partial charge in [0.1, 0.15) is 5.75 Å². The Morgan fingerprint density at radius 3 is 3.11 bits per heavy atom. The van der Waals surface area contributed by atoms with E-state index in [0.29, 0.717) is 5.92 Å². The summed E-state index contributed by atoms with van der Waals surface area (Å²) in [7, 11) is 0. The third kappa shape index (κ3) is 2.38. The SMILES string of the molecule is CC1(NCC2COc3ccccc32)CCCOC1. The van der Waals surface area contributed by atoms with Crippen LogP contribution in [0.1, 0.15) is 31.2 Å². The van der Waals surface area contributed by atoms with E-state index < -0.39 is 0 Å². The summed E-state index contributed by atoms with van der Waals surface area (Å²) in [5.74, 6) is 1.52. The molecule has 0 saturated carbocycles. The van der Waals surface area contributed by atoms with E-state index in [9.17, 15) is 0 Å². The molecule has 2 atom stereocenters. The van der Waals surface area contributed by atoms with Crippen LogP contribution in [0.15, 0.2) is 24.3 Å². The van der Waals surface area contributed by atoms with E-state index in [-0.39, 0.29) is 5.54 Å². The topological polar surface area (TPSA) is 30.5 Å². The summed E-state index contributed by atoms with van der Waals surface area (Å²) in [6, 6.07) is 8.35. The first kappa shape index (κ1) is 12.0. The lowest BCUT2D eigenvalue weighted by Crippen LogP contribution is -2.50. The van der Waals surface area contributed by atoms with Gasteiger partial charge in [-0.1, -0.05) is 18.2 Å². The molecule has 1 N–H and O–H groups in total. The van der Waals surface area contributed by atoms with Crippen molar-refractivity contribution < 1.29 is 9.47 Å². The maximum absolute atomic E-state index is 5.71. The second kappa shape index (κ2) is 4.90. The summed E-state index contributed by atoms with van der Waals surface area (Å²) in [6.45, 7) is 5.75. The molecule has 3 nitrogen and oxygen atoms in total. The Morgan fingerprint density at radius 1 is 1.39 bits per heavy atom. The van der Waals surface area contributed by atoms with Crippen LogP contribution in [-0.4, -0.2) is 31.9 Å². The Morgan fingerprint density at radius 2 is 2.28 bits per heavy atom. The number of fused-ring (bicyclic) bond motifs is 1. The van der Waals surface area contributed by atoms with Crippen LogP contribution in [-0.2, 0) is 4.74 Å². The van der Waals surface area contributed by atoms with Crippen molar-refractivity contribution in [3.05, 3.63) is 29.8 Å². The lowest BCUT2D eigenvalue weighted by Gasteiger charge is -2.35. The first-order valence-electron chi connectivity index (χ1n) is 6.81. The number of para-hydroxylation sites is 1. The van der Waals surface area contributed by atoms with E-state index in [1.807, 2.05) is 6.07 Å². The number of rotatable bonds is 3. The molecule has 1 aromatic rings. The normalized spacial score (nSPS) is 30.8. The van der Waals surface area contributed by atoms with E-state index >= 15 is 0 Å². The maximum Gasteiger partial charge on any atom is 0.122 e. The van der Waals surface area contributed by atoms with Crippen LogP contribution in [0.3, 0.4) is 0 Å². The summed E-state index contributed by atoms with van der Waals surface area (Å²) in [6.07, 6.45) is 2.35. The summed E-state index contributed by atoms with van der Waals surface area (Å²) in [5, 5.41) is 3.68. The molecule has 98 valence electrons. The molecule has 2 aliphatic rings. The molecule has 0 amide bonds. The fourth-order valence-electron chi connectivity index (χ4n) is 2.84. The summed E-state index contributed by atoms with van der Waals surface area (Å²) in [5.41, 5.74) is 1.47. The molecule has 1 aromatic carbocycles. The highest BCUT2D eigenvalue weighted by Crippen LogP contribution is 2.33. The average molecular weight is 247 g/mol. The van der Waals surface area contributed by atoms with Gasteiger partial charge < -0.3 is 14.8 Å². The number of benzene rings is 1.